The number of hydrogen-bond acceptors (Lipinski definition) is 4. The van der Waals surface area contributed by atoms with Crippen LogP contribution in [0.25, 0.3) is 0 Å². The number of fused-ring (bicyclic) bond motifs is 1. The van der Waals surface area contributed by atoms with Gasteiger partial charge in [-0.3, -0.25) is 4.98 Å². The van der Waals surface area contributed by atoms with E-state index >= 15 is 0 Å². The van der Waals surface area contributed by atoms with Gasteiger partial charge in [-0.1, -0.05) is 25.3 Å². The van der Waals surface area contributed by atoms with Gasteiger partial charge in [0.1, 0.15) is 0 Å². The van der Waals surface area contributed by atoms with E-state index in [1.165, 1.54) is 43.2 Å². The number of aromatic hydroxyl groups is 2. The number of phenolic OH excluding ortho intramolecular Hbond substituents is 2. The number of nitrogens with one attached hydrogen (secondary N) is 1. The average Bonchev–Trinajstić information content (AvgIpc) is 2.70. The molecule has 2 aliphatic carbocycles. The molecule has 0 saturated heterocycles. The van der Waals surface area contributed by atoms with Crippen LogP contribution >= 0.6 is 0 Å². The Kier molecular flexibility index (Phi) is 5.63. The third-order valence-electron chi connectivity index (χ3n) is 6.42. The van der Waals surface area contributed by atoms with Gasteiger partial charge in [-0.05, 0) is 79.5 Å². The highest BCUT2D eigenvalue weighted by molar-refractivity contribution is 5.49. The van der Waals surface area contributed by atoms with E-state index in [0.29, 0.717) is 6.04 Å². The quantitative estimate of drug-likeness (QED) is 0.690. The monoisotopic (exact) mass is 366 g/mol. The molecular weight excluding hydrogens is 336 g/mol. The second kappa shape index (κ2) is 8.30. The Labute approximate surface area is 161 Å². The number of hydrogen-bond donors (Lipinski definition) is 3. The molecule has 1 aromatic carbocycles. The normalized spacial score (nSPS) is 23.1. The largest absolute Gasteiger partial charge is 0.504 e. The summed E-state index contributed by atoms with van der Waals surface area (Å²) in [5.74, 6) is 1.06. The second-order valence-corrected chi connectivity index (χ2v) is 8.27. The first kappa shape index (κ1) is 18.3. The number of aryl methyl sites for hydroxylation is 1. The fourth-order valence-electron chi connectivity index (χ4n) is 4.91. The predicted molar refractivity (Wildman–Crippen MR) is 107 cm³/mol. The highest BCUT2D eigenvalue weighted by Crippen LogP contribution is 2.40. The lowest BCUT2D eigenvalue weighted by Crippen LogP contribution is -2.41. The Hall–Kier alpha value is -2.07. The topological polar surface area (TPSA) is 65.4 Å². The van der Waals surface area contributed by atoms with Gasteiger partial charge in [0.15, 0.2) is 11.5 Å². The Morgan fingerprint density at radius 3 is 2.63 bits per heavy atom. The molecule has 27 heavy (non-hydrogen) atoms. The van der Waals surface area contributed by atoms with Gasteiger partial charge in [0, 0.05) is 24.4 Å². The Morgan fingerprint density at radius 2 is 1.85 bits per heavy atom. The van der Waals surface area contributed by atoms with Crippen molar-refractivity contribution < 1.29 is 10.2 Å². The highest BCUT2D eigenvalue weighted by Gasteiger charge is 2.31. The van der Waals surface area contributed by atoms with Crippen LogP contribution < -0.4 is 5.32 Å². The Bertz CT molecular complexity index is 756. The van der Waals surface area contributed by atoms with Crippen LogP contribution in [0.4, 0.5) is 0 Å². The fraction of sp³-hybridized carbons (Fsp3) is 0.522. The summed E-state index contributed by atoms with van der Waals surface area (Å²) in [5, 5.41) is 23.9. The first-order chi connectivity index (χ1) is 13.2. The summed E-state index contributed by atoms with van der Waals surface area (Å²) in [5.41, 5.74) is 3.55. The maximum absolute atomic E-state index is 10.1. The van der Waals surface area contributed by atoms with Gasteiger partial charge in [0.2, 0.25) is 0 Å². The van der Waals surface area contributed by atoms with E-state index in [2.05, 4.69) is 16.4 Å². The van der Waals surface area contributed by atoms with Crippen molar-refractivity contribution in [2.24, 2.45) is 5.92 Å². The van der Waals surface area contributed by atoms with Crippen molar-refractivity contribution in [3.05, 3.63) is 53.3 Å². The van der Waals surface area contributed by atoms with E-state index in [-0.39, 0.29) is 17.4 Å². The molecule has 3 N–H and O–H groups in total. The molecule has 144 valence electrons. The summed E-state index contributed by atoms with van der Waals surface area (Å²) in [7, 11) is 0. The van der Waals surface area contributed by atoms with Crippen molar-refractivity contribution in [1.82, 2.24) is 10.3 Å². The molecule has 2 atom stereocenters. The predicted octanol–water partition coefficient (Wildman–Crippen LogP) is 4.30. The van der Waals surface area contributed by atoms with Crippen molar-refractivity contribution in [2.75, 3.05) is 6.54 Å². The smallest absolute Gasteiger partial charge is 0.157 e. The molecule has 1 fully saturated rings. The standard InChI is InChI=1S/C23H30N2O2/c26-22-12-18-8-9-21(25-15-16-5-2-1-3-6-16)20(19(18)13-23(22)27)11-17-7-4-10-24-14-17/h4,7,10,12-14,16,20-21,25-27H,1-3,5-6,8-9,11,15H2. The van der Waals surface area contributed by atoms with Gasteiger partial charge in [-0.15, -0.1) is 0 Å². The van der Waals surface area contributed by atoms with E-state index < -0.39 is 0 Å². The second-order valence-electron chi connectivity index (χ2n) is 8.27. The van der Waals surface area contributed by atoms with Crippen LogP contribution in [-0.4, -0.2) is 27.8 Å². The van der Waals surface area contributed by atoms with Crippen molar-refractivity contribution in [1.29, 1.82) is 0 Å². The first-order valence-corrected chi connectivity index (χ1v) is 10.4. The molecule has 0 radical (unpaired) electrons. The molecule has 1 heterocycles. The zero-order valence-corrected chi connectivity index (χ0v) is 15.9. The third-order valence-corrected chi connectivity index (χ3v) is 6.42. The maximum atomic E-state index is 10.1. The van der Waals surface area contributed by atoms with Gasteiger partial charge in [0.25, 0.3) is 0 Å². The number of phenols is 2. The minimum atomic E-state index is -0.0159. The highest BCUT2D eigenvalue weighted by atomic mass is 16.3. The van der Waals surface area contributed by atoms with E-state index in [1.807, 2.05) is 12.3 Å². The molecular formula is C23H30N2O2. The van der Waals surface area contributed by atoms with Crippen LogP contribution in [0.2, 0.25) is 0 Å². The van der Waals surface area contributed by atoms with Crippen molar-refractivity contribution in [2.45, 2.75) is 63.3 Å². The molecule has 1 saturated carbocycles. The first-order valence-electron chi connectivity index (χ1n) is 10.4. The number of rotatable bonds is 5. The lowest BCUT2D eigenvalue weighted by molar-refractivity contribution is 0.300. The molecule has 1 aromatic heterocycles. The van der Waals surface area contributed by atoms with Crippen molar-refractivity contribution in [3.63, 3.8) is 0 Å². The summed E-state index contributed by atoms with van der Waals surface area (Å²) in [6, 6.07) is 8.03. The lowest BCUT2D eigenvalue weighted by Gasteiger charge is -2.36. The summed E-state index contributed by atoms with van der Waals surface area (Å²) in [6.45, 7) is 1.09. The number of pyridine rings is 1. The summed E-state index contributed by atoms with van der Waals surface area (Å²) >= 11 is 0. The molecule has 4 nitrogen and oxygen atoms in total. The van der Waals surface area contributed by atoms with Crippen LogP contribution in [0, 0.1) is 5.92 Å². The van der Waals surface area contributed by atoms with Crippen LogP contribution in [0.15, 0.2) is 36.7 Å². The summed E-state index contributed by atoms with van der Waals surface area (Å²) in [6.07, 6.45) is 13.5. The Balaban J connectivity index is 1.56. The van der Waals surface area contributed by atoms with Crippen LogP contribution in [0.1, 0.15) is 61.1 Å². The van der Waals surface area contributed by atoms with Gasteiger partial charge >= 0.3 is 0 Å². The lowest BCUT2D eigenvalue weighted by atomic mass is 9.76. The molecule has 4 rings (SSSR count). The Morgan fingerprint density at radius 1 is 1.04 bits per heavy atom. The van der Waals surface area contributed by atoms with E-state index in [0.717, 1.165) is 37.3 Å². The minimum absolute atomic E-state index is 0.0116. The molecule has 2 unspecified atom stereocenters. The summed E-state index contributed by atoms with van der Waals surface area (Å²) in [4.78, 5) is 4.27. The van der Waals surface area contributed by atoms with Crippen LogP contribution in [-0.2, 0) is 12.8 Å². The van der Waals surface area contributed by atoms with Gasteiger partial charge in [-0.2, -0.15) is 0 Å². The van der Waals surface area contributed by atoms with Crippen molar-refractivity contribution in [3.8, 4) is 11.5 Å². The van der Waals surface area contributed by atoms with Gasteiger partial charge in [0.05, 0.1) is 0 Å². The molecule has 0 bridgehead atoms. The molecule has 4 heteroatoms. The number of nitrogens with zero attached hydrogens (tertiary/aromatic N) is 1. The molecule has 2 aliphatic rings. The van der Waals surface area contributed by atoms with E-state index in [9.17, 15) is 10.2 Å². The zero-order valence-electron chi connectivity index (χ0n) is 15.9. The van der Waals surface area contributed by atoms with E-state index in [1.54, 1.807) is 18.3 Å². The molecule has 0 amide bonds. The van der Waals surface area contributed by atoms with Crippen LogP contribution in [0.3, 0.4) is 0 Å². The third kappa shape index (κ3) is 4.27. The maximum Gasteiger partial charge on any atom is 0.157 e. The fourth-order valence-corrected chi connectivity index (χ4v) is 4.91. The van der Waals surface area contributed by atoms with E-state index in [4.69, 9.17) is 0 Å². The van der Waals surface area contributed by atoms with Gasteiger partial charge < -0.3 is 15.5 Å². The van der Waals surface area contributed by atoms with Gasteiger partial charge in [-0.25, -0.2) is 0 Å². The summed E-state index contributed by atoms with van der Waals surface area (Å²) < 4.78 is 0. The number of aromatic nitrogens is 1. The molecule has 0 spiro atoms. The number of benzene rings is 1. The average molecular weight is 367 g/mol. The van der Waals surface area contributed by atoms with Crippen molar-refractivity contribution >= 4 is 0 Å². The molecule has 2 aromatic rings. The zero-order chi connectivity index (χ0) is 18.6. The van der Waals surface area contributed by atoms with Crippen LogP contribution in [0.5, 0.6) is 11.5 Å². The molecule has 0 aliphatic heterocycles. The SMILES string of the molecule is Oc1cc2c(cc1O)C(Cc1cccnc1)C(NCC1CCCCC1)CC2. The minimum Gasteiger partial charge on any atom is -0.504 e.